The molecule has 3 rings (SSSR count). The van der Waals surface area contributed by atoms with Crippen LogP contribution < -0.4 is 5.73 Å². The van der Waals surface area contributed by atoms with Crippen molar-refractivity contribution in [1.29, 1.82) is 0 Å². The second-order valence-electron chi connectivity index (χ2n) is 5.11. The van der Waals surface area contributed by atoms with E-state index in [0.29, 0.717) is 23.6 Å². The summed E-state index contributed by atoms with van der Waals surface area (Å²) < 4.78 is 1.07. The summed E-state index contributed by atoms with van der Waals surface area (Å²) in [6, 6.07) is 2.19. The molecule has 3 unspecified atom stereocenters. The zero-order valence-electron chi connectivity index (χ0n) is 9.53. The van der Waals surface area contributed by atoms with Crippen molar-refractivity contribution in [3.63, 3.8) is 0 Å². The monoisotopic (exact) mass is 345 g/mol. The molecule has 1 saturated carbocycles. The fraction of sp³-hybridized carbons (Fsp3) is 0.583. The number of H-pyrrole nitrogens is 1. The van der Waals surface area contributed by atoms with Gasteiger partial charge in [-0.25, -0.2) is 0 Å². The molecule has 2 aliphatic rings. The van der Waals surface area contributed by atoms with Crippen LogP contribution in [0.1, 0.15) is 23.3 Å². The number of halogens is 1. The number of nitrogens with one attached hydrogen (secondary N) is 1. The van der Waals surface area contributed by atoms with Crippen LogP contribution in [0.5, 0.6) is 0 Å². The number of amides is 1. The van der Waals surface area contributed by atoms with Gasteiger partial charge in [0.15, 0.2) is 0 Å². The second-order valence-corrected chi connectivity index (χ2v) is 6.35. The number of aromatic nitrogens is 1. The summed E-state index contributed by atoms with van der Waals surface area (Å²) >= 11 is 2.21. The van der Waals surface area contributed by atoms with Crippen LogP contribution in [0.25, 0.3) is 0 Å². The molecule has 4 nitrogen and oxygen atoms in total. The number of aromatic amines is 1. The molecular formula is C12H16IN3O. The topological polar surface area (TPSA) is 62.1 Å². The van der Waals surface area contributed by atoms with Crippen molar-refractivity contribution in [1.82, 2.24) is 9.88 Å². The van der Waals surface area contributed by atoms with Crippen LogP contribution in [0, 0.1) is 15.4 Å². The van der Waals surface area contributed by atoms with Crippen molar-refractivity contribution in [2.75, 3.05) is 13.1 Å². The van der Waals surface area contributed by atoms with E-state index in [1.165, 1.54) is 6.42 Å². The normalized spacial score (nSPS) is 31.9. The van der Waals surface area contributed by atoms with Crippen LogP contribution in [0.2, 0.25) is 0 Å². The van der Waals surface area contributed by atoms with Gasteiger partial charge in [-0.2, -0.15) is 0 Å². The minimum Gasteiger partial charge on any atom is -0.356 e. The Morgan fingerprint density at radius 2 is 2.29 bits per heavy atom. The van der Waals surface area contributed by atoms with Crippen LogP contribution in [-0.4, -0.2) is 34.9 Å². The molecule has 92 valence electrons. The number of hydrogen-bond acceptors (Lipinski definition) is 2. The highest BCUT2D eigenvalue weighted by Crippen LogP contribution is 2.37. The molecule has 1 aliphatic carbocycles. The van der Waals surface area contributed by atoms with Gasteiger partial charge in [-0.3, -0.25) is 4.79 Å². The SMILES string of the molecule is NC1CCC2CN(C(=O)c3cc(I)c[nH]3)CC12. The van der Waals surface area contributed by atoms with Gasteiger partial charge in [0.25, 0.3) is 5.91 Å². The summed E-state index contributed by atoms with van der Waals surface area (Å²) in [5.41, 5.74) is 6.78. The first-order valence-corrected chi connectivity index (χ1v) is 7.12. The molecule has 1 aromatic rings. The predicted molar refractivity (Wildman–Crippen MR) is 73.6 cm³/mol. The Kier molecular flexibility index (Phi) is 2.90. The molecule has 5 heteroatoms. The number of nitrogens with zero attached hydrogens (tertiary/aromatic N) is 1. The molecule has 2 heterocycles. The number of nitrogens with two attached hydrogens (primary N) is 1. The fourth-order valence-corrected chi connectivity index (χ4v) is 3.60. The fourth-order valence-electron chi connectivity index (χ4n) is 3.14. The zero-order valence-corrected chi connectivity index (χ0v) is 11.7. The lowest BCUT2D eigenvalue weighted by molar-refractivity contribution is 0.0774. The van der Waals surface area contributed by atoms with Crippen molar-refractivity contribution >= 4 is 28.5 Å². The van der Waals surface area contributed by atoms with E-state index in [-0.39, 0.29) is 5.91 Å². The third kappa shape index (κ3) is 1.99. The largest absolute Gasteiger partial charge is 0.356 e. The van der Waals surface area contributed by atoms with Crippen molar-refractivity contribution < 1.29 is 4.79 Å². The smallest absolute Gasteiger partial charge is 0.270 e. The van der Waals surface area contributed by atoms with Crippen molar-refractivity contribution in [2.24, 2.45) is 17.6 Å². The van der Waals surface area contributed by atoms with Gasteiger partial charge in [0.05, 0.1) is 0 Å². The molecule has 1 aliphatic heterocycles. The Labute approximate surface area is 114 Å². The average molecular weight is 345 g/mol. The minimum absolute atomic E-state index is 0.120. The average Bonchev–Trinajstić information content (AvgIpc) is 2.96. The van der Waals surface area contributed by atoms with E-state index in [1.54, 1.807) is 0 Å². The Morgan fingerprint density at radius 3 is 2.94 bits per heavy atom. The van der Waals surface area contributed by atoms with Crippen LogP contribution in [0.15, 0.2) is 12.3 Å². The van der Waals surface area contributed by atoms with Gasteiger partial charge >= 0.3 is 0 Å². The minimum atomic E-state index is 0.120. The molecule has 3 atom stereocenters. The molecule has 17 heavy (non-hydrogen) atoms. The van der Waals surface area contributed by atoms with Gasteiger partial charge in [0, 0.05) is 28.9 Å². The molecule has 0 aromatic carbocycles. The van der Waals surface area contributed by atoms with Crippen LogP contribution in [0.3, 0.4) is 0 Å². The molecule has 1 amide bonds. The zero-order chi connectivity index (χ0) is 12.0. The quantitative estimate of drug-likeness (QED) is 0.757. The van der Waals surface area contributed by atoms with E-state index < -0.39 is 0 Å². The maximum atomic E-state index is 12.2. The van der Waals surface area contributed by atoms with Crippen molar-refractivity contribution in [2.45, 2.75) is 18.9 Å². The Bertz CT molecular complexity index is 445. The van der Waals surface area contributed by atoms with E-state index in [4.69, 9.17) is 5.73 Å². The molecule has 0 bridgehead atoms. The third-order valence-electron chi connectivity index (χ3n) is 4.08. The van der Waals surface area contributed by atoms with Crippen LogP contribution >= 0.6 is 22.6 Å². The highest BCUT2D eigenvalue weighted by Gasteiger charge is 2.42. The van der Waals surface area contributed by atoms with Gasteiger partial charge in [-0.05, 0) is 53.3 Å². The molecular weight excluding hydrogens is 329 g/mol. The summed E-state index contributed by atoms with van der Waals surface area (Å²) in [6.07, 6.45) is 4.16. The Morgan fingerprint density at radius 1 is 1.47 bits per heavy atom. The molecule has 1 saturated heterocycles. The molecule has 2 fully saturated rings. The number of fused-ring (bicyclic) bond motifs is 1. The number of likely N-dealkylation sites (tertiary alicyclic amines) is 1. The maximum absolute atomic E-state index is 12.2. The number of carbonyl (C=O) groups excluding carboxylic acids is 1. The first-order chi connectivity index (χ1) is 8.15. The molecule has 0 spiro atoms. The van der Waals surface area contributed by atoms with Gasteiger partial charge in [0.2, 0.25) is 0 Å². The third-order valence-corrected chi connectivity index (χ3v) is 4.70. The second kappa shape index (κ2) is 4.28. The number of rotatable bonds is 1. The molecule has 1 aromatic heterocycles. The van der Waals surface area contributed by atoms with Crippen LogP contribution in [0.4, 0.5) is 0 Å². The summed E-state index contributed by atoms with van der Waals surface area (Å²) in [5, 5.41) is 0. The number of carbonyl (C=O) groups is 1. The number of hydrogen-bond donors (Lipinski definition) is 2. The van der Waals surface area contributed by atoms with Crippen molar-refractivity contribution in [3.05, 3.63) is 21.5 Å². The Balaban J connectivity index is 1.73. The highest BCUT2D eigenvalue weighted by molar-refractivity contribution is 14.1. The lowest BCUT2D eigenvalue weighted by Crippen LogP contribution is -2.33. The highest BCUT2D eigenvalue weighted by atomic mass is 127. The predicted octanol–water partition coefficient (Wildman–Crippen LogP) is 1.43. The van der Waals surface area contributed by atoms with Gasteiger partial charge in [0.1, 0.15) is 5.69 Å². The van der Waals surface area contributed by atoms with Crippen molar-refractivity contribution in [3.8, 4) is 0 Å². The lowest BCUT2D eigenvalue weighted by atomic mass is 9.98. The maximum Gasteiger partial charge on any atom is 0.270 e. The summed E-state index contributed by atoms with van der Waals surface area (Å²) in [5.74, 6) is 1.27. The van der Waals surface area contributed by atoms with Gasteiger partial charge in [-0.1, -0.05) is 0 Å². The van der Waals surface area contributed by atoms with E-state index in [0.717, 1.165) is 23.1 Å². The van der Waals surface area contributed by atoms with E-state index in [2.05, 4.69) is 27.6 Å². The van der Waals surface area contributed by atoms with E-state index in [1.807, 2.05) is 17.2 Å². The Hall–Kier alpha value is -0.560. The standard InChI is InChI=1S/C12H16IN3O/c13-8-3-11(15-4-8)12(17)16-5-7-1-2-10(14)9(7)6-16/h3-4,7,9-10,15H,1-2,5-6,14H2. The first kappa shape index (κ1) is 11.5. The summed E-state index contributed by atoms with van der Waals surface area (Å²) in [7, 11) is 0. The van der Waals surface area contributed by atoms with Crippen LogP contribution in [-0.2, 0) is 0 Å². The molecule has 0 radical (unpaired) electrons. The summed E-state index contributed by atoms with van der Waals surface area (Å²) in [6.45, 7) is 1.72. The summed E-state index contributed by atoms with van der Waals surface area (Å²) in [4.78, 5) is 17.2. The lowest BCUT2D eigenvalue weighted by Gasteiger charge is -2.17. The van der Waals surface area contributed by atoms with Gasteiger partial charge in [-0.15, -0.1) is 0 Å². The molecule has 3 N–H and O–H groups in total. The van der Waals surface area contributed by atoms with Gasteiger partial charge < -0.3 is 15.6 Å². The van der Waals surface area contributed by atoms with E-state index >= 15 is 0 Å². The first-order valence-electron chi connectivity index (χ1n) is 6.04. The van der Waals surface area contributed by atoms with E-state index in [9.17, 15) is 4.79 Å².